The number of nitrogens with zero attached hydrogens (tertiary/aromatic N) is 6. The average Bonchev–Trinajstić information content (AvgIpc) is 3.02. The molecule has 2 aromatic heterocycles. The van der Waals surface area contributed by atoms with Crippen LogP contribution in [0.3, 0.4) is 0 Å². The molecule has 6 heteroatoms. The summed E-state index contributed by atoms with van der Waals surface area (Å²) >= 11 is 0. The van der Waals surface area contributed by atoms with E-state index in [0.717, 1.165) is 17.8 Å². The molecule has 1 aromatic carbocycles. The second kappa shape index (κ2) is 6.70. The van der Waals surface area contributed by atoms with E-state index >= 15 is 0 Å². The van der Waals surface area contributed by atoms with Crippen molar-refractivity contribution < 1.29 is 0 Å². The van der Waals surface area contributed by atoms with Crippen LogP contribution < -0.4 is 9.80 Å². The molecule has 0 aliphatic carbocycles. The van der Waals surface area contributed by atoms with Crippen molar-refractivity contribution in [2.75, 3.05) is 30.9 Å². The molecule has 24 heavy (non-hydrogen) atoms. The van der Waals surface area contributed by atoms with Gasteiger partial charge in [-0.1, -0.05) is 12.1 Å². The van der Waals surface area contributed by atoms with Gasteiger partial charge < -0.3 is 9.80 Å². The highest BCUT2D eigenvalue weighted by Gasteiger charge is 2.09. The minimum atomic E-state index is 0.702. The van der Waals surface area contributed by atoms with E-state index < -0.39 is 0 Å². The number of aryl methyl sites for hydroxylation is 1. The molecule has 124 valence electrons. The maximum absolute atomic E-state index is 4.65. The number of hydrogen-bond acceptors (Lipinski definition) is 5. The van der Waals surface area contributed by atoms with Crippen LogP contribution in [0.25, 0.3) is 11.3 Å². The Kier molecular flexibility index (Phi) is 4.46. The van der Waals surface area contributed by atoms with E-state index in [-0.39, 0.29) is 0 Å². The van der Waals surface area contributed by atoms with E-state index in [2.05, 4.69) is 44.2 Å². The molecule has 0 saturated heterocycles. The molecule has 0 amide bonds. The van der Waals surface area contributed by atoms with Crippen molar-refractivity contribution in [3.8, 4) is 11.3 Å². The van der Waals surface area contributed by atoms with Gasteiger partial charge in [0.05, 0.1) is 11.9 Å². The Morgan fingerprint density at radius 3 is 2.42 bits per heavy atom. The van der Waals surface area contributed by atoms with Crippen molar-refractivity contribution in [1.82, 2.24) is 19.7 Å². The molecule has 0 unspecified atom stereocenters. The van der Waals surface area contributed by atoms with Crippen molar-refractivity contribution in [3.05, 3.63) is 54.5 Å². The van der Waals surface area contributed by atoms with Gasteiger partial charge in [0.15, 0.2) is 0 Å². The third-order valence-corrected chi connectivity index (χ3v) is 3.86. The summed E-state index contributed by atoms with van der Waals surface area (Å²) in [6.07, 6.45) is 5.55. The minimum absolute atomic E-state index is 0.702. The predicted octanol–water partition coefficient (Wildman–Crippen LogP) is 2.58. The standard InChI is InChI=1S/C18H22N6/c1-22(2)16-7-5-14(6-8-16)12-23(3)18-19-10-9-17(21-18)15-11-20-24(4)13-15/h5-11,13H,12H2,1-4H3. The van der Waals surface area contributed by atoms with Gasteiger partial charge in [0, 0.05) is 58.4 Å². The first-order valence-electron chi connectivity index (χ1n) is 7.82. The number of anilines is 2. The summed E-state index contributed by atoms with van der Waals surface area (Å²) in [4.78, 5) is 13.2. The SMILES string of the molecule is CN(C)c1ccc(CN(C)c2nccc(-c3cnn(C)c3)n2)cc1. The maximum atomic E-state index is 4.65. The molecule has 0 fully saturated rings. The lowest BCUT2D eigenvalue weighted by molar-refractivity contribution is 0.768. The molecular formula is C18H22N6. The Morgan fingerprint density at radius 1 is 1.04 bits per heavy atom. The fourth-order valence-electron chi connectivity index (χ4n) is 2.49. The van der Waals surface area contributed by atoms with Crippen molar-refractivity contribution >= 4 is 11.6 Å². The van der Waals surface area contributed by atoms with Gasteiger partial charge in [-0.05, 0) is 23.8 Å². The normalized spacial score (nSPS) is 10.7. The zero-order valence-corrected chi connectivity index (χ0v) is 14.5. The van der Waals surface area contributed by atoms with Gasteiger partial charge in [-0.2, -0.15) is 5.10 Å². The van der Waals surface area contributed by atoms with Crippen molar-refractivity contribution in [2.45, 2.75) is 6.54 Å². The Morgan fingerprint density at radius 2 is 1.79 bits per heavy atom. The van der Waals surface area contributed by atoms with E-state index in [1.807, 2.05) is 51.6 Å². The van der Waals surface area contributed by atoms with Gasteiger partial charge in [0.2, 0.25) is 5.95 Å². The molecule has 3 rings (SSSR count). The van der Waals surface area contributed by atoms with Crippen molar-refractivity contribution in [3.63, 3.8) is 0 Å². The molecular weight excluding hydrogens is 300 g/mol. The van der Waals surface area contributed by atoms with E-state index in [9.17, 15) is 0 Å². The number of rotatable bonds is 5. The number of benzene rings is 1. The van der Waals surface area contributed by atoms with Gasteiger partial charge in [-0.15, -0.1) is 0 Å². The van der Waals surface area contributed by atoms with Gasteiger partial charge in [-0.3, -0.25) is 4.68 Å². The van der Waals surface area contributed by atoms with Crippen molar-refractivity contribution in [1.29, 1.82) is 0 Å². The fraction of sp³-hybridized carbons (Fsp3) is 0.278. The summed E-state index contributed by atoms with van der Waals surface area (Å²) in [6, 6.07) is 10.4. The minimum Gasteiger partial charge on any atom is -0.378 e. The summed E-state index contributed by atoms with van der Waals surface area (Å²) in [5.74, 6) is 0.702. The van der Waals surface area contributed by atoms with E-state index in [0.29, 0.717) is 5.95 Å². The van der Waals surface area contributed by atoms with Crippen LogP contribution in [0.5, 0.6) is 0 Å². The first kappa shape index (κ1) is 16.0. The van der Waals surface area contributed by atoms with Gasteiger partial charge in [0.1, 0.15) is 0 Å². The maximum Gasteiger partial charge on any atom is 0.225 e. The molecule has 0 aliphatic rings. The molecule has 2 heterocycles. The second-order valence-corrected chi connectivity index (χ2v) is 6.06. The molecule has 0 spiro atoms. The molecule has 3 aromatic rings. The summed E-state index contributed by atoms with van der Waals surface area (Å²) in [6.45, 7) is 0.754. The third-order valence-electron chi connectivity index (χ3n) is 3.86. The Hall–Kier alpha value is -2.89. The number of hydrogen-bond donors (Lipinski definition) is 0. The highest BCUT2D eigenvalue weighted by atomic mass is 15.2. The monoisotopic (exact) mass is 322 g/mol. The molecule has 0 aliphatic heterocycles. The molecule has 0 bridgehead atoms. The smallest absolute Gasteiger partial charge is 0.225 e. The molecule has 0 atom stereocenters. The summed E-state index contributed by atoms with van der Waals surface area (Å²) in [5.41, 5.74) is 4.28. The highest BCUT2D eigenvalue weighted by molar-refractivity contribution is 5.58. The third kappa shape index (κ3) is 3.53. The summed E-state index contributed by atoms with van der Waals surface area (Å²) in [5, 5.41) is 4.20. The van der Waals surface area contributed by atoms with Crippen molar-refractivity contribution in [2.24, 2.45) is 7.05 Å². The van der Waals surface area contributed by atoms with Crippen LogP contribution in [0.15, 0.2) is 48.9 Å². The average molecular weight is 322 g/mol. The highest BCUT2D eigenvalue weighted by Crippen LogP contribution is 2.19. The van der Waals surface area contributed by atoms with E-state index in [1.54, 1.807) is 10.9 Å². The predicted molar refractivity (Wildman–Crippen MR) is 97.1 cm³/mol. The zero-order chi connectivity index (χ0) is 17.1. The van der Waals surface area contributed by atoms with Crippen LogP contribution in [0, 0.1) is 0 Å². The summed E-state index contributed by atoms with van der Waals surface area (Å²) in [7, 11) is 7.98. The van der Waals surface area contributed by atoms with Gasteiger partial charge in [-0.25, -0.2) is 9.97 Å². The fourth-order valence-corrected chi connectivity index (χ4v) is 2.49. The van der Waals surface area contributed by atoms with Crippen LogP contribution in [-0.2, 0) is 13.6 Å². The van der Waals surface area contributed by atoms with Crippen LogP contribution in [0.4, 0.5) is 11.6 Å². The first-order valence-corrected chi connectivity index (χ1v) is 7.82. The topological polar surface area (TPSA) is 50.1 Å². The molecule has 6 nitrogen and oxygen atoms in total. The van der Waals surface area contributed by atoms with Gasteiger partial charge in [0.25, 0.3) is 0 Å². The van der Waals surface area contributed by atoms with Crippen LogP contribution in [0.1, 0.15) is 5.56 Å². The van der Waals surface area contributed by atoms with E-state index in [4.69, 9.17) is 0 Å². The van der Waals surface area contributed by atoms with E-state index in [1.165, 1.54) is 11.3 Å². The van der Waals surface area contributed by atoms with Crippen LogP contribution >= 0.6 is 0 Å². The lowest BCUT2D eigenvalue weighted by Crippen LogP contribution is -2.19. The second-order valence-electron chi connectivity index (χ2n) is 6.06. The largest absolute Gasteiger partial charge is 0.378 e. The molecule has 0 saturated carbocycles. The molecule has 0 N–H and O–H groups in total. The number of aromatic nitrogens is 4. The Balaban J connectivity index is 1.76. The Labute approximate surface area is 142 Å². The summed E-state index contributed by atoms with van der Waals surface area (Å²) < 4.78 is 1.77. The first-order chi connectivity index (χ1) is 11.5. The molecule has 0 radical (unpaired) electrons. The van der Waals surface area contributed by atoms with Gasteiger partial charge >= 0.3 is 0 Å². The zero-order valence-electron chi connectivity index (χ0n) is 14.5. The van der Waals surface area contributed by atoms with Crippen LogP contribution in [0.2, 0.25) is 0 Å². The van der Waals surface area contributed by atoms with Crippen LogP contribution in [-0.4, -0.2) is 40.9 Å². The lowest BCUT2D eigenvalue weighted by atomic mass is 10.2. The Bertz CT molecular complexity index is 806. The quantitative estimate of drug-likeness (QED) is 0.722. The lowest BCUT2D eigenvalue weighted by Gasteiger charge is -2.18.